The van der Waals surface area contributed by atoms with Crippen LogP contribution in [0.1, 0.15) is 19.0 Å². The van der Waals surface area contributed by atoms with Gasteiger partial charge in [-0.2, -0.15) is 5.10 Å². The average Bonchev–Trinajstić information content (AvgIpc) is 2.33. The van der Waals surface area contributed by atoms with Crippen LogP contribution in [0.4, 0.5) is 0 Å². The number of alkyl halides is 1. The van der Waals surface area contributed by atoms with Gasteiger partial charge < -0.3 is 0 Å². The maximum atomic E-state index is 5.59. The highest BCUT2D eigenvalue weighted by Crippen LogP contribution is 2.16. The molecule has 70 valence electrons. The normalized spacial score (nSPS) is 9.58. The first-order valence-electron chi connectivity index (χ1n) is 3.55. The second-order valence-corrected chi connectivity index (χ2v) is 3.43. The highest BCUT2D eigenvalue weighted by molar-refractivity contribution is 9.10. The molecular formula is C7H11BrCl2N2. The van der Waals surface area contributed by atoms with Gasteiger partial charge in [0, 0.05) is 6.20 Å². The van der Waals surface area contributed by atoms with Crippen molar-refractivity contribution in [3.8, 4) is 0 Å². The lowest BCUT2D eigenvalue weighted by Gasteiger charge is -1.91. The third-order valence-corrected chi connectivity index (χ3v) is 2.30. The Morgan fingerprint density at radius 3 is 2.75 bits per heavy atom. The molecular weight excluding hydrogens is 263 g/mol. The lowest BCUT2D eigenvalue weighted by atomic mass is 10.3. The lowest BCUT2D eigenvalue weighted by molar-refractivity contribution is 0.715. The molecule has 0 radical (unpaired) electrons. The van der Waals surface area contributed by atoms with Crippen molar-refractivity contribution in [1.82, 2.24) is 9.78 Å². The van der Waals surface area contributed by atoms with Gasteiger partial charge in [0.1, 0.15) is 6.00 Å². The van der Waals surface area contributed by atoms with E-state index in [1.54, 1.807) is 4.68 Å². The van der Waals surface area contributed by atoms with Crippen LogP contribution in [-0.2, 0) is 12.4 Å². The molecule has 0 unspecified atom stereocenters. The molecule has 0 saturated carbocycles. The van der Waals surface area contributed by atoms with Crippen molar-refractivity contribution >= 4 is 39.9 Å². The fraction of sp³-hybridized carbons (Fsp3) is 0.571. The van der Waals surface area contributed by atoms with Gasteiger partial charge in [0.25, 0.3) is 0 Å². The Balaban J connectivity index is 0.00000121. The first-order chi connectivity index (χ1) is 5.27. The monoisotopic (exact) mass is 272 g/mol. The minimum Gasteiger partial charge on any atom is -0.256 e. The fourth-order valence-electron chi connectivity index (χ4n) is 0.904. The van der Waals surface area contributed by atoms with Crippen LogP contribution in [0.2, 0.25) is 0 Å². The Labute approximate surface area is 91.8 Å². The number of aryl methyl sites for hydroxylation is 1. The molecule has 0 aromatic carbocycles. The van der Waals surface area contributed by atoms with Gasteiger partial charge >= 0.3 is 0 Å². The molecule has 1 aromatic rings. The lowest BCUT2D eigenvalue weighted by Crippen LogP contribution is -1.93. The minimum atomic E-state index is 0. The third-order valence-electron chi connectivity index (χ3n) is 1.40. The Bertz CT molecular complexity index is 237. The van der Waals surface area contributed by atoms with Crippen LogP contribution < -0.4 is 0 Å². The van der Waals surface area contributed by atoms with Gasteiger partial charge in [-0.25, -0.2) is 0 Å². The number of hydrogen-bond acceptors (Lipinski definition) is 1. The van der Waals surface area contributed by atoms with Gasteiger partial charge in [-0.1, -0.05) is 13.3 Å². The van der Waals surface area contributed by atoms with Crippen LogP contribution >= 0.6 is 39.9 Å². The van der Waals surface area contributed by atoms with Crippen LogP contribution in [0.3, 0.4) is 0 Å². The van der Waals surface area contributed by atoms with Gasteiger partial charge in [-0.05, 0) is 22.4 Å². The van der Waals surface area contributed by atoms with Crippen molar-refractivity contribution in [3.05, 3.63) is 16.4 Å². The first-order valence-corrected chi connectivity index (χ1v) is 4.88. The molecule has 0 amide bonds. The summed E-state index contributed by atoms with van der Waals surface area (Å²) in [6.45, 7) is 2.13. The highest BCUT2D eigenvalue weighted by atomic mass is 79.9. The molecule has 0 aliphatic rings. The quantitative estimate of drug-likeness (QED) is 0.774. The molecule has 0 saturated heterocycles. The molecule has 0 N–H and O–H groups in total. The highest BCUT2D eigenvalue weighted by Gasteiger charge is 2.03. The van der Waals surface area contributed by atoms with Gasteiger partial charge in [0.15, 0.2) is 0 Å². The van der Waals surface area contributed by atoms with Crippen molar-refractivity contribution in [2.24, 2.45) is 0 Å². The molecule has 0 bridgehead atoms. The summed E-state index contributed by atoms with van der Waals surface area (Å²) in [5.41, 5.74) is 1.09. The molecule has 1 rings (SSSR count). The molecule has 1 heterocycles. The largest absolute Gasteiger partial charge is 0.256 e. The number of halogens is 3. The molecule has 5 heteroatoms. The van der Waals surface area contributed by atoms with E-state index in [1.807, 2.05) is 6.20 Å². The van der Waals surface area contributed by atoms with Crippen molar-refractivity contribution in [3.63, 3.8) is 0 Å². The topological polar surface area (TPSA) is 17.8 Å². The van der Waals surface area contributed by atoms with E-state index >= 15 is 0 Å². The van der Waals surface area contributed by atoms with Crippen molar-refractivity contribution in [1.29, 1.82) is 0 Å². The van der Waals surface area contributed by atoms with Crippen LogP contribution in [0.25, 0.3) is 0 Å². The molecule has 0 aliphatic carbocycles. The van der Waals surface area contributed by atoms with Gasteiger partial charge in [0.2, 0.25) is 0 Å². The maximum Gasteiger partial charge on any atom is 0.115 e. The van der Waals surface area contributed by atoms with E-state index in [2.05, 4.69) is 28.0 Å². The Morgan fingerprint density at radius 2 is 2.33 bits per heavy atom. The van der Waals surface area contributed by atoms with Crippen LogP contribution in [0.15, 0.2) is 10.7 Å². The van der Waals surface area contributed by atoms with Crippen molar-refractivity contribution in [2.75, 3.05) is 0 Å². The van der Waals surface area contributed by atoms with E-state index in [-0.39, 0.29) is 12.4 Å². The Kier molecular flexibility index (Phi) is 5.97. The van der Waals surface area contributed by atoms with Crippen LogP contribution in [-0.4, -0.2) is 9.78 Å². The molecule has 0 aliphatic heterocycles. The Hall–Kier alpha value is 0.270. The smallest absolute Gasteiger partial charge is 0.115 e. The molecule has 0 spiro atoms. The molecule has 1 aromatic heterocycles. The zero-order valence-electron chi connectivity index (χ0n) is 6.76. The maximum absolute atomic E-state index is 5.59. The standard InChI is InChI=1S/C7H10BrClN2.ClH/c1-2-3-7-6(8)4-11(5-9)10-7;/h4H,2-3,5H2,1H3;1H. The van der Waals surface area contributed by atoms with E-state index < -0.39 is 0 Å². The summed E-state index contributed by atoms with van der Waals surface area (Å²) in [5.74, 6) is 0. The van der Waals surface area contributed by atoms with Crippen LogP contribution in [0, 0.1) is 0 Å². The van der Waals surface area contributed by atoms with E-state index in [9.17, 15) is 0 Å². The SMILES string of the molecule is CCCc1nn(CCl)cc1Br.Cl. The summed E-state index contributed by atoms with van der Waals surface area (Å²) in [7, 11) is 0. The third kappa shape index (κ3) is 2.96. The zero-order chi connectivity index (χ0) is 8.27. The van der Waals surface area contributed by atoms with E-state index in [0.29, 0.717) is 6.00 Å². The number of hydrogen-bond donors (Lipinski definition) is 0. The summed E-state index contributed by atoms with van der Waals surface area (Å²) >= 11 is 9.01. The number of aromatic nitrogens is 2. The number of nitrogens with zero attached hydrogens (tertiary/aromatic N) is 2. The van der Waals surface area contributed by atoms with E-state index in [0.717, 1.165) is 23.0 Å². The van der Waals surface area contributed by atoms with Gasteiger partial charge in [0.05, 0.1) is 10.2 Å². The summed E-state index contributed by atoms with van der Waals surface area (Å²) < 4.78 is 2.77. The second-order valence-electron chi connectivity index (χ2n) is 2.33. The van der Waals surface area contributed by atoms with E-state index in [4.69, 9.17) is 11.6 Å². The average molecular weight is 274 g/mol. The molecule has 0 fully saturated rings. The molecule has 12 heavy (non-hydrogen) atoms. The number of rotatable bonds is 3. The summed E-state index contributed by atoms with van der Waals surface area (Å²) in [4.78, 5) is 0. The predicted octanol–water partition coefficient (Wildman–Crippen LogP) is 3.22. The minimum absolute atomic E-state index is 0. The Morgan fingerprint density at radius 1 is 1.67 bits per heavy atom. The van der Waals surface area contributed by atoms with Crippen LogP contribution in [0.5, 0.6) is 0 Å². The summed E-state index contributed by atoms with van der Waals surface area (Å²) in [6.07, 6.45) is 4.01. The first kappa shape index (κ1) is 12.3. The second kappa shape index (κ2) is 5.84. The van der Waals surface area contributed by atoms with E-state index in [1.165, 1.54) is 0 Å². The van der Waals surface area contributed by atoms with Gasteiger partial charge in [-0.3, -0.25) is 4.68 Å². The molecule has 0 atom stereocenters. The zero-order valence-corrected chi connectivity index (χ0v) is 9.92. The van der Waals surface area contributed by atoms with Crippen molar-refractivity contribution < 1.29 is 0 Å². The van der Waals surface area contributed by atoms with Crippen molar-refractivity contribution in [2.45, 2.75) is 25.8 Å². The predicted molar refractivity (Wildman–Crippen MR) is 57.0 cm³/mol. The van der Waals surface area contributed by atoms with Gasteiger partial charge in [-0.15, -0.1) is 24.0 Å². The fourth-order valence-corrected chi connectivity index (χ4v) is 1.54. The summed E-state index contributed by atoms with van der Waals surface area (Å²) in [5, 5.41) is 4.26. The molecule has 2 nitrogen and oxygen atoms in total. The summed E-state index contributed by atoms with van der Waals surface area (Å²) in [6, 6.07) is 0.419.